The lowest BCUT2D eigenvalue weighted by atomic mass is 9.91. The summed E-state index contributed by atoms with van der Waals surface area (Å²) in [4.78, 5) is -0.145. The van der Waals surface area contributed by atoms with Crippen LogP contribution in [0.4, 0.5) is 4.39 Å². The molecule has 2 nitrogen and oxygen atoms in total. The van der Waals surface area contributed by atoms with Gasteiger partial charge in [-0.25, -0.2) is 12.8 Å². The zero-order valence-electron chi connectivity index (χ0n) is 9.12. The lowest BCUT2D eigenvalue weighted by Gasteiger charge is -2.26. The predicted molar refractivity (Wildman–Crippen MR) is 63.5 cm³/mol. The van der Waals surface area contributed by atoms with Crippen LogP contribution in [0.5, 0.6) is 0 Å². The third kappa shape index (κ3) is 1.78. The lowest BCUT2D eigenvalue weighted by Crippen LogP contribution is -2.23. The Morgan fingerprint density at radius 1 is 1.24 bits per heavy atom. The van der Waals surface area contributed by atoms with Gasteiger partial charge in [0.15, 0.2) is 9.84 Å². The number of rotatable bonds is 1. The Bertz CT molecular complexity index is 578. The molecule has 0 bridgehead atoms. The summed E-state index contributed by atoms with van der Waals surface area (Å²) in [5.74, 6) is -0.00617. The number of benzene rings is 1. The monoisotopic (exact) mass is 274 g/mol. The van der Waals surface area contributed by atoms with Crippen molar-refractivity contribution in [1.82, 2.24) is 0 Å². The standard InChI is InChI=1S/C12H12ClFO2S/c13-9-3-4-10(14)12-11(9)8(7-1-2-7)5-6-17(12,15)16/h3-4,7-8H,1-2,5-6H2. The minimum atomic E-state index is -3.49. The molecule has 92 valence electrons. The molecule has 1 unspecified atom stereocenters. The van der Waals surface area contributed by atoms with E-state index in [9.17, 15) is 12.8 Å². The predicted octanol–water partition coefficient (Wildman–Crippen LogP) is 3.15. The molecule has 1 aliphatic carbocycles. The first kappa shape index (κ1) is 11.5. The molecule has 1 aromatic carbocycles. The Labute approximate surface area is 105 Å². The normalized spacial score (nSPS) is 26.6. The Morgan fingerprint density at radius 3 is 2.59 bits per heavy atom. The maximum absolute atomic E-state index is 13.8. The van der Waals surface area contributed by atoms with E-state index in [1.54, 1.807) is 0 Å². The van der Waals surface area contributed by atoms with Crippen LogP contribution in [-0.2, 0) is 9.84 Å². The fraction of sp³-hybridized carbons (Fsp3) is 0.500. The third-order valence-electron chi connectivity index (χ3n) is 3.67. The molecule has 1 atom stereocenters. The summed E-state index contributed by atoms with van der Waals surface area (Å²) in [5.41, 5.74) is 0.528. The zero-order chi connectivity index (χ0) is 12.2. The molecule has 0 radical (unpaired) electrons. The minimum Gasteiger partial charge on any atom is -0.224 e. The van der Waals surface area contributed by atoms with Crippen molar-refractivity contribution in [3.63, 3.8) is 0 Å². The van der Waals surface area contributed by atoms with Gasteiger partial charge in [0.1, 0.15) is 10.7 Å². The van der Waals surface area contributed by atoms with Crippen molar-refractivity contribution < 1.29 is 12.8 Å². The van der Waals surface area contributed by atoms with E-state index in [-0.39, 0.29) is 16.6 Å². The Balaban J connectivity index is 2.27. The molecule has 1 aliphatic heterocycles. The van der Waals surface area contributed by atoms with Crippen LogP contribution in [0.15, 0.2) is 17.0 Å². The van der Waals surface area contributed by atoms with Crippen LogP contribution < -0.4 is 0 Å². The lowest BCUT2D eigenvalue weighted by molar-refractivity contribution is 0.508. The first-order chi connectivity index (χ1) is 8.00. The third-order valence-corrected chi connectivity index (χ3v) is 5.80. The van der Waals surface area contributed by atoms with Crippen molar-refractivity contribution in [3.8, 4) is 0 Å². The van der Waals surface area contributed by atoms with Gasteiger partial charge in [-0.05, 0) is 48.8 Å². The molecular weight excluding hydrogens is 263 g/mol. The van der Waals surface area contributed by atoms with Crippen LogP contribution in [0, 0.1) is 11.7 Å². The van der Waals surface area contributed by atoms with E-state index < -0.39 is 15.7 Å². The van der Waals surface area contributed by atoms with E-state index in [0.29, 0.717) is 22.9 Å². The van der Waals surface area contributed by atoms with Crippen LogP contribution in [0.25, 0.3) is 0 Å². The molecule has 0 N–H and O–H groups in total. The highest BCUT2D eigenvalue weighted by Gasteiger charge is 2.41. The van der Waals surface area contributed by atoms with E-state index in [4.69, 9.17) is 11.6 Å². The molecule has 3 rings (SSSR count). The summed E-state index contributed by atoms with van der Waals surface area (Å²) in [5, 5.41) is 0.390. The van der Waals surface area contributed by atoms with Crippen LogP contribution >= 0.6 is 11.6 Å². The van der Waals surface area contributed by atoms with Crippen molar-refractivity contribution in [2.45, 2.75) is 30.1 Å². The van der Waals surface area contributed by atoms with Gasteiger partial charge in [-0.3, -0.25) is 0 Å². The molecule has 1 heterocycles. The molecule has 1 saturated carbocycles. The van der Waals surface area contributed by atoms with Gasteiger partial charge in [0, 0.05) is 5.02 Å². The number of sulfone groups is 1. The second kappa shape index (κ2) is 3.69. The number of hydrogen-bond acceptors (Lipinski definition) is 2. The number of fused-ring (bicyclic) bond motifs is 1. The van der Waals surface area contributed by atoms with Crippen molar-refractivity contribution in [1.29, 1.82) is 0 Å². The highest BCUT2D eigenvalue weighted by molar-refractivity contribution is 7.91. The summed E-state index contributed by atoms with van der Waals surface area (Å²) >= 11 is 6.08. The minimum absolute atomic E-state index is 0.0401. The second-order valence-corrected chi connectivity index (χ2v) is 7.28. The number of hydrogen-bond donors (Lipinski definition) is 0. The fourth-order valence-corrected chi connectivity index (χ4v) is 4.79. The Morgan fingerprint density at radius 2 is 1.94 bits per heavy atom. The first-order valence-electron chi connectivity index (χ1n) is 5.71. The molecule has 0 saturated heterocycles. The van der Waals surface area contributed by atoms with E-state index in [0.717, 1.165) is 18.9 Å². The van der Waals surface area contributed by atoms with Crippen LogP contribution in [-0.4, -0.2) is 14.2 Å². The van der Waals surface area contributed by atoms with E-state index in [1.165, 1.54) is 6.07 Å². The highest BCUT2D eigenvalue weighted by atomic mass is 35.5. The van der Waals surface area contributed by atoms with E-state index in [2.05, 4.69) is 0 Å². The fourth-order valence-electron chi connectivity index (χ4n) is 2.71. The topological polar surface area (TPSA) is 34.1 Å². The Hall–Kier alpha value is -0.610. The molecule has 1 fully saturated rings. The molecule has 1 aromatic rings. The summed E-state index contributed by atoms with van der Waals surface area (Å²) in [6, 6.07) is 2.61. The first-order valence-corrected chi connectivity index (χ1v) is 7.74. The maximum Gasteiger partial charge on any atom is 0.181 e. The van der Waals surface area contributed by atoms with Gasteiger partial charge in [-0.15, -0.1) is 0 Å². The van der Waals surface area contributed by atoms with Crippen molar-refractivity contribution >= 4 is 21.4 Å². The van der Waals surface area contributed by atoms with Gasteiger partial charge >= 0.3 is 0 Å². The van der Waals surface area contributed by atoms with Crippen LogP contribution in [0.3, 0.4) is 0 Å². The second-order valence-electron chi connectivity index (χ2n) is 4.82. The van der Waals surface area contributed by atoms with Crippen LogP contribution in [0.2, 0.25) is 5.02 Å². The smallest absolute Gasteiger partial charge is 0.181 e. The Kier molecular flexibility index (Phi) is 2.49. The summed E-state index contributed by atoms with van der Waals surface area (Å²) in [7, 11) is -3.49. The van der Waals surface area contributed by atoms with E-state index in [1.807, 2.05) is 0 Å². The molecule has 2 aliphatic rings. The molecular formula is C12H12ClFO2S. The van der Waals surface area contributed by atoms with Gasteiger partial charge < -0.3 is 0 Å². The molecule has 0 aromatic heterocycles. The SMILES string of the molecule is O=S1(=O)CCC(C2CC2)c2c(Cl)ccc(F)c21. The average Bonchev–Trinajstić information content (AvgIpc) is 3.06. The summed E-state index contributed by atoms with van der Waals surface area (Å²) < 4.78 is 37.6. The van der Waals surface area contributed by atoms with Gasteiger partial charge in [-0.1, -0.05) is 11.6 Å². The average molecular weight is 275 g/mol. The van der Waals surface area contributed by atoms with Crippen LogP contribution in [0.1, 0.15) is 30.7 Å². The maximum atomic E-state index is 13.8. The molecule has 17 heavy (non-hydrogen) atoms. The van der Waals surface area contributed by atoms with Gasteiger partial charge in [-0.2, -0.15) is 0 Å². The largest absolute Gasteiger partial charge is 0.224 e. The van der Waals surface area contributed by atoms with Crippen molar-refractivity contribution in [2.75, 3.05) is 5.75 Å². The van der Waals surface area contributed by atoms with Crippen molar-refractivity contribution in [3.05, 3.63) is 28.5 Å². The summed E-state index contributed by atoms with van der Waals surface area (Å²) in [6.07, 6.45) is 2.76. The molecule has 0 amide bonds. The van der Waals surface area contributed by atoms with E-state index >= 15 is 0 Å². The zero-order valence-corrected chi connectivity index (χ0v) is 10.7. The van der Waals surface area contributed by atoms with Gasteiger partial charge in [0.25, 0.3) is 0 Å². The quantitative estimate of drug-likeness (QED) is 0.788. The molecule has 5 heteroatoms. The summed E-state index contributed by atoms with van der Waals surface area (Å²) in [6.45, 7) is 0. The van der Waals surface area contributed by atoms with Gasteiger partial charge in [0.2, 0.25) is 0 Å². The number of halogens is 2. The molecule has 0 spiro atoms. The van der Waals surface area contributed by atoms with Crippen molar-refractivity contribution in [2.24, 2.45) is 5.92 Å². The van der Waals surface area contributed by atoms with Gasteiger partial charge in [0.05, 0.1) is 5.75 Å². The highest BCUT2D eigenvalue weighted by Crippen LogP contribution is 2.51.